The van der Waals surface area contributed by atoms with Crippen LogP contribution in [0.5, 0.6) is 0 Å². The number of nitriles is 1. The zero-order valence-corrected chi connectivity index (χ0v) is 11.8. The SMILES string of the molecule is CCC(C)(CN)C(=O)N(C)Cc1ccc(C#N)cc1. The summed E-state index contributed by atoms with van der Waals surface area (Å²) in [6.07, 6.45) is 0.722. The van der Waals surface area contributed by atoms with E-state index in [0.717, 1.165) is 12.0 Å². The summed E-state index contributed by atoms with van der Waals surface area (Å²) in [5.41, 5.74) is 6.83. The molecule has 0 saturated carbocycles. The molecule has 0 aliphatic carbocycles. The molecule has 19 heavy (non-hydrogen) atoms. The molecular formula is C15H21N3O. The molecule has 0 aromatic heterocycles. The van der Waals surface area contributed by atoms with Crippen LogP contribution in [0.2, 0.25) is 0 Å². The van der Waals surface area contributed by atoms with E-state index in [2.05, 4.69) is 6.07 Å². The Morgan fingerprint density at radius 3 is 2.42 bits per heavy atom. The first kappa shape index (κ1) is 15.2. The third-order valence-corrected chi connectivity index (χ3v) is 3.60. The third kappa shape index (κ3) is 3.55. The Morgan fingerprint density at radius 1 is 1.42 bits per heavy atom. The summed E-state index contributed by atoms with van der Waals surface area (Å²) in [7, 11) is 1.78. The van der Waals surface area contributed by atoms with Crippen molar-refractivity contribution in [2.75, 3.05) is 13.6 Å². The van der Waals surface area contributed by atoms with Gasteiger partial charge in [-0.3, -0.25) is 4.79 Å². The molecule has 0 spiro atoms. The molecule has 1 aromatic carbocycles. The first-order valence-corrected chi connectivity index (χ1v) is 6.41. The van der Waals surface area contributed by atoms with E-state index in [1.807, 2.05) is 26.0 Å². The van der Waals surface area contributed by atoms with Gasteiger partial charge in [0.25, 0.3) is 0 Å². The van der Waals surface area contributed by atoms with Gasteiger partial charge in [-0.05, 0) is 31.0 Å². The molecule has 1 atom stereocenters. The topological polar surface area (TPSA) is 70.1 Å². The van der Waals surface area contributed by atoms with Crippen molar-refractivity contribution >= 4 is 5.91 Å². The van der Waals surface area contributed by atoms with E-state index in [0.29, 0.717) is 18.7 Å². The maximum atomic E-state index is 12.3. The number of amides is 1. The molecule has 2 N–H and O–H groups in total. The van der Waals surface area contributed by atoms with Gasteiger partial charge in [-0.1, -0.05) is 19.1 Å². The van der Waals surface area contributed by atoms with Crippen LogP contribution in [0, 0.1) is 16.7 Å². The van der Waals surface area contributed by atoms with Gasteiger partial charge < -0.3 is 10.6 Å². The standard InChI is InChI=1S/C15H21N3O/c1-4-15(2,11-17)14(19)18(3)10-13-7-5-12(9-16)6-8-13/h5-8H,4,10-11,17H2,1-3H3. The Balaban J connectivity index is 2.76. The van der Waals surface area contributed by atoms with Crippen LogP contribution in [0.1, 0.15) is 31.4 Å². The second-order valence-corrected chi connectivity index (χ2v) is 5.09. The molecule has 0 aliphatic heterocycles. The Labute approximate surface area is 114 Å². The minimum Gasteiger partial charge on any atom is -0.341 e. The maximum Gasteiger partial charge on any atom is 0.229 e. The van der Waals surface area contributed by atoms with E-state index in [9.17, 15) is 4.79 Å². The predicted octanol–water partition coefficient (Wildman–Crippen LogP) is 1.89. The third-order valence-electron chi connectivity index (χ3n) is 3.60. The van der Waals surface area contributed by atoms with Crippen LogP contribution in [0.15, 0.2) is 24.3 Å². The van der Waals surface area contributed by atoms with Crippen molar-refractivity contribution < 1.29 is 4.79 Å². The molecule has 0 bridgehead atoms. The quantitative estimate of drug-likeness (QED) is 0.877. The maximum absolute atomic E-state index is 12.3. The van der Waals surface area contributed by atoms with Crippen LogP contribution >= 0.6 is 0 Å². The Hall–Kier alpha value is -1.86. The van der Waals surface area contributed by atoms with Crippen molar-refractivity contribution in [2.45, 2.75) is 26.8 Å². The van der Waals surface area contributed by atoms with Gasteiger partial charge in [0.1, 0.15) is 0 Å². The molecule has 1 rings (SSSR count). The zero-order chi connectivity index (χ0) is 14.5. The second kappa shape index (κ2) is 6.35. The van der Waals surface area contributed by atoms with E-state index < -0.39 is 5.41 Å². The van der Waals surface area contributed by atoms with Gasteiger partial charge in [0.2, 0.25) is 5.91 Å². The van der Waals surface area contributed by atoms with Crippen molar-refractivity contribution in [2.24, 2.45) is 11.1 Å². The van der Waals surface area contributed by atoms with Gasteiger partial charge in [0.05, 0.1) is 17.0 Å². The highest BCUT2D eigenvalue weighted by Gasteiger charge is 2.32. The summed E-state index contributed by atoms with van der Waals surface area (Å²) in [5.74, 6) is 0.0573. The minimum atomic E-state index is -0.499. The molecule has 0 heterocycles. The van der Waals surface area contributed by atoms with E-state index in [-0.39, 0.29) is 5.91 Å². The van der Waals surface area contributed by atoms with Crippen LogP contribution in [0.4, 0.5) is 0 Å². The fraction of sp³-hybridized carbons (Fsp3) is 0.467. The Kier molecular flexibility index (Phi) is 5.08. The first-order valence-electron chi connectivity index (χ1n) is 6.41. The highest BCUT2D eigenvalue weighted by Crippen LogP contribution is 2.22. The first-order chi connectivity index (χ1) is 8.96. The number of carbonyl (C=O) groups excluding carboxylic acids is 1. The van der Waals surface area contributed by atoms with Crippen LogP contribution < -0.4 is 5.73 Å². The largest absolute Gasteiger partial charge is 0.341 e. The fourth-order valence-electron chi connectivity index (χ4n) is 1.87. The van der Waals surface area contributed by atoms with Gasteiger partial charge >= 0.3 is 0 Å². The molecule has 102 valence electrons. The molecule has 0 aliphatic rings. The molecule has 0 fully saturated rings. The fourth-order valence-corrected chi connectivity index (χ4v) is 1.87. The lowest BCUT2D eigenvalue weighted by molar-refractivity contribution is -0.140. The second-order valence-electron chi connectivity index (χ2n) is 5.09. The van der Waals surface area contributed by atoms with Gasteiger partial charge in [-0.2, -0.15) is 5.26 Å². The van der Waals surface area contributed by atoms with Crippen LogP contribution in [-0.2, 0) is 11.3 Å². The Morgan fingerprint density at radius 2 is 2.00 bits per heavy atom. The zero-order valence-electron chi connectivity index (χ0n) is 11.8. The lowest BCUT2D eigenvalue weighted by Gasteiger charge is -2.30. The molecule has 4 heteroatoms. The molecule has 0 saturated heterocycles. The van der Waals surface area contributed by atoms with Gasteiger partial charge in [0, 0.05) is 20.1 Å². The van der Waals surface area contributed by atoms with Crippen LogP contribution in [0.25, 0.3) is 0 Å². The summed E-state index contributed by atoms with van der Waals surface area (Å²) in [6.45, 7) is 4.74. The molecule has 1 amide bonds. The van der Waals surface area contributed by atoms with E-state index in [1.54, 1.807) is 24.1 Å². The molecule has 4 nitrogen and oxygen atoms in total. The minimum absolute atomic E-state index is 0.0573. The van der Waals surface area contributed by atoms with Crippen LogP contribution in [0.3, 0.4) is 0 Å². The summed E-state index contributed by atoms with van der Waals surface area (Å²) < 4.78 is 0. The van der Waals surface area contributed by atoms with Gasteiger partial charge in [-0.25, -0.2) is 0 Å². The van der Waals surface area contributed by atoms with Gasteiger partial charge in [0.15, 0.2) is 0 Å². The number of hydrogen-bond donors (Lipinski definition) is 1. The van der Waals surface area contributed by atoms with E-state index >= 15 is 0 Å². The highest BCUT2D eigenvalue weighted by atomic mass is 16.2. The number of benzene rings is 1. The van der Waals surface area contributed by atoms with Crippen LogP contribution in [-0.4, -0.2) is 24.4 Å². The number of rotatable bonds is 5. The lowest BCUT2D eigenvalue weighted by atomic mass is 9.86. The summed E-state index contributed by atoms with van der Waals surface area (Å²) in [4.78, 5) is 14.0. The smallest absolute Gasteiger partial charge is 0.229 e. The van der Waals surface area contributed by atoms with Crippen molar-refractivity contribution in [1.82, 2.24) is 4.90 Å². The molecule has 1 unspecified atom stereocenters. The summed E-state index contributed by atoms with van der Waals surface area (Å²) in [5, 5.41) is 8.74. The monoisotopic (exact) mass is 259 g/mol. The average molecular weight is 259 g/mol. The van der Waals surface area contributed by atoms with Crippen molar-refractivity contribution in [3.8, 4) is 6.07 Å². The average Bonchev–Trinajstić information content (AvgIpc) is 2.46. The molecular weight excluding hydrogens is 238 g/mol. The molecule has 0 radical (unpaired) electrons. The normalized spacial score (nSPS) is 13.4. The highest BCUT2D eigenvalue weighted by molar-refractivity contribution is 5.82. The van der Waals surface area contributed by atoms with Gasteiger partial charge in [-0.15, -0.1) is 0 Å². The van der Waals surface area contributed by atoms with Crippen molar-refractivity contribution in [1.29, 1.82) is 5.26 Å². The number of hydrogen-bond acceptors (Lipinski definition) is 3. The predicted molar refractivity (Wildman–Crippen MR) is 75.1 cm³/mol. The molecule has 1 aromatic rings. The number of carbonyl (C=O) groups is 1. The lowest BCUT2D eigenvalue weighted by Crippen LogP contribution is -2.44. The number of nitrogens with two attached hydrogens (primary N) is 1. The van der Waals surface area contributed by atoms with E-state index in [1.165, 1.54) is 0 Å². The summed E-state index contributed by atoms with van der Waals surface area (Å²) >= 11 is 0. The van der Waals surface area contributed by atoms with E-state index in [4.69, 9.17) is 11.0 Å². The van der Waals surface area contributed by atoms with Crippen molar-refractivity contribution in [3.63, 3.8) is 0 Å². The van der Waals surface area contributed by atoms with Crippen molar-refractivity contribution in [3.05, 3.63) is 35.4 Å². The summed E-state index contributed by atoms with van der Waals surface area (Å²) in [6, 6.07) is 9.33. The Bertz CT molecular complexity index is 469. The number of nitrogens with zero attached hydrogens (tertiary/aromatic N) is 2.